The molecule has 2 aromatic heterocycles. The Morgan fingerprint density at radius 1 is 1.24 bits per heavy atom. The van der Waals surface area contributed by atoms with Crippen LogP contribution in [0.2, 0.25) is 0 Å². The number of para-hydroxylation sites is 1. The van der Waals surface area contributed by atoms with E-state index >= 15 is 0 Å². The van der Waals surface area contributed by atoms with E-state index in [-0.39, 0.29) is 6.54 Å². The van der Waals surface area contributed by atoms with Crippen LogP contribution in [0.15, 0.2) is 55.1 Å². The quantitative estimate of drug-likeness (QED) is 0.773. The van der Waals surface area contributed by atoms with Gasteiger partial charge in [0, 0.05) is 25.0 Å². The highest BCUT2D eigenvalue weighted by Gasteiger charge is 2.09. The van der Waals surface area contributed by atoms with Crippen molar-refractivity contribution in [3.05, 3.63) is 66.5 Å². The molecule has 0 aliphatic heterocycles. The molecule has 0 amide bonds. The van der Waals surface area contributed by atoms with Gasteiger partial charge >= 0.3 is 5.97 Å². The smallest absolute Gasteiger partial charge is 0.323 e. The fourth-order valence-corrected chi connectivity index (χ4v) is 2.15. The lowest BCUT2D eigenvalue weighted by molar-refractivity contribution is -0.137. The molecule has 0 saturated carbocycles. The van der Waals surface area contributed by atoms with Gasteiger partial charge in [-0.2, -0.15) is 5.10 Å². The van der Waals surface area contributed by atoms with Gasteiger partial charge in [-0.05, 0) is 17.7 Å². The number of hydrogen-bond acceptors (Lipinski definition) is 3. The predicted molar refractivity (Wildman–Crippen MR) is 76.2 cm³/mol. The van der Waals surface area contributed by atoms with E-state index in [1.807, 2.05) is 36.5 Å². The number of benzene rings is 1. The minimum atomic E-state index is -0.880. The monoisotopic (exact) mass is 282 g/mol. The van der Waals surface area contributed by atoms with Gasteiger partial charge in [0.15, 0.2) is 0 Å². The minimum absolute atomic E-state index is 0.0812. The van der Waals surface area contributed by atoms with E-state index < -0.39 is 5.97 Å². The lowest BCUT2D eigenvalue weighted by Gasteiger charge is -2.03. The molecule has 21 heavy (non-hydrogen) atoms. The second-order valence-electron chi connectivity index (χ2n) is 4.67. The van der Waals surface area contributed by atoms with Gasteiger partial charge in [0.05, 0.1) is 11.9 Å². The van der Waals surface area contributed by atoms with Crippen LogP contribution in [0.1, 0.15) is 11.4 Å². The number of nitrogens with zero attached hydrogens (tertiary/aromatic N) is 4. The number of imidazole rings is 1. The van der Waals surface area contributed by atoms with Gasteiger partial charge in [0.25, 0.3) is 0 Å². The molecule has 0 unspecified atom stereocenters. The van der Waals surface area contributed by atoms with Gasteiger partial charge in [0.2, 0.25) is 0 Å². The van der Waals surface area contributed by atoms with E-state index in [2.05, 4.69) is 10.1 Å². The molecule has 0 bridgehead atoms. The van der Waals surface area contributed by atoms with E-state index in [9.17, 15) is 4.79 Å². The first-order chi connectivity index (χ1) is 10.2. The number of aliphatic carboxylic acids is 1. The molecule has 2 heterocycles. The van der Waals surface area contributed by atoms with Crippen LogP contribution in [-0.4, -0.2) is 30.4 Å². The third-order valence-corrected chi connectivity index (χ3v) is 3.13. The average molecular weight is 282 g/mol. The second-order valence-corrected chi connectivity index (χ2v) is 4.67. The summed E-state index contributed by atoms with van der Waals surface area (Å²) in [5.74, 6) is -0.167. The average Bonchev–Trinajstić information content (AvgIpc) is 3.10. The van der Waals surface area contributed by atoms with Crippen molar-refractivity contribution in [2.45, 2.75) is 13.0 Å². The molecule has 3 rings (SSSR count). The predicted octanol–water partition coefficient (Wildman–Crippen LogP) is 1.74. The summed E-state index contributed by atoms with van der Waals surface area (Å²) in [6.45, 7) is -0.0812. The summed E-state index contributed by atoms with van der Waals surface area (Å²) in [7, 11) is 0. The van der Waals surface area contributed by atoms with Crippen molar-refractivity contribution in [3.8, 4) is 5.69 Å². The van der Waals surface area contributed by atoms with E-state index in [1.165, 1.54) is 0 Å². The van der Waals surface area contributed by atoms with Crippen molar-refractivity contribution in [2.75, 3.05) is 0 Å². The van der Waals surface area contributed by atoms with Crippen LogP contribution in [-0.2, 0) is 17.8 Å². The zero-order chi connectivity index (χ0) is 14.7. The Balaban J connectivity index is 1.79. The molecule has 1 N–H and O–H groups in total. The fourth-order valence-electron chi connectivity index (χ4n) is 2.15. The summed E-state index contributed by atoms with van der Waals surface area (Å²) in [4.78, 5) is 15.0. The normalized spacial score (nSPS) is 10.7. The molecule has 3 aromatic rings. The summed E-state index contributed by atoms with van der Waals surface area (Å²) in [6.07, 6.45) is 7.53. The maximum absolute atomic E-state index is 10.8. The van der Waals surface area contributed by atoms with Gasteiger partial charge in [-0.1, -0.05) is 18.2 Å². The third-order valence-electron chi connectivity index (χ3n) is 3.13. The maximum Gasteiger partial charge on any atom is 0.323 e. The van der Waals surface area contributed by atoms with Gasteiger partial charge in [-0.15, -0.1) is 0 Å². The van der Waals surface area contributed by atoms with Crippen molar-refractivity contribution < 1.29 is 9.90 Å². The summed E-state index contributed by atoms with van der Waals surface area (Å²) < 4.78 is 3.42. The first-order valence-corrected chi connectivity index (χ1v) is 6.53. The van der Waals surface area contributed by atoms with Crippen molar-refractivity contribution in [1.82, 2.24) is 19.3 Å². The topological polar surface area (TPSA) is 72.9 Å². The molecule has 1 aromatic carbocycles. The largest absolute Gasteiger partial charge is 0.480 e. The first kappa shape index (κ1) is 13.1. The van der Waals surface area contributed by atoms with Crippen molar-refractivity contribution in [2.24, 2.45) is 0 Å². The van der Waals surface area contributed by atoms with Crippen LogP contribution >= 0.6 is 0 Å². The van der Waals surface area contributed by atoms with Crippen molar-refractivity contribution >= 4 is 5.97 Å². The highest BCUT2D eigenvalue weighted by Crippen LogP contribution is 2.11. The van der Waals surface area contributed by atoms with Gasteiger partial charge in [-0.25, -0.2) is 9.67 Å². The SMILES string of the molecule is O=C(O)Cn1ccnc1Cc1cnn(-c2ccccc2)c1. The Morgan fingerprint density at radius 3 is 2.81 bits per heavy atom. The second kappa shape index (κ2) is 5.62. The molecule has 0 spiro atoms. The molecule has 0 aliphatic rings. The van der Waals surface area contributed by atoms with E-state index in [4.69, 9.17) is 5.11 Å². The molecule has 6 heteroatoms. The first-order valence-electron chi connectivity index (χ1n) is 6.53. The van der Waals surface area contributed by atoms with Crippen LogP contribution in [0.25, 0.3) is 5.69 Å². The van der Waals surface area contributed by atoms with Gasteiger partial charge in [-0.3, -0.25) is 4.79 Å². The van der Waals surface area contributed by atoms with Crippen LogP contribution in [0, 0.1) is 0 Å². The van der Waals surface area contributed by atoms with Gasteiger partial charge < -0.3 is 9.67 Å². The Morgan fingerprint density at radius 2 is 2.05 bits per heavy atom. The standard InChI is InChI=1S/C15H14N4O2/c20-15(21)11-18-7-6-16-14(18)8-12-9-17-19(10-12)13-4-2-1-3-5-13/h1-7,9-10H,8,11H2,(H,20,21). The van der Waals surface area contributed by atoms with Crippen molar-refractivity contribution in [3.63, 3.8) is 0 Å². The highest BCUT2D eigenvalue weighted by molar-refractivity contribution is 5.66. The summed E-state index contributed by atoms with van der Waals surface area (Å²) >= 11 is 0. The molecule has 0 radical (unpaired) electrons. The zero-order valence-electron chi connectivity index (χ0n) is 11.3. The molecule has 6 nitrogen and oxygen atoms in total. The molecular formula is C15H14N4O2. The highest BCUT2D eigenvalue weighted by atomic mass is 16.4. The van der Waals surface area contributed by atoms with Crippen LogP contribution in [0.4, 0.5) is 0 Å². The fraction of sp³-hybridized carbons (Fsp3) is 0.133. The lowest BCUT2D eigenvalue weighted by atomic mass is 10.2. The van der Waals surface area contributed by atoms with Gasteiger partial charge in [0.1, 0.15) is 12.4 Å². The number of aromatic nitrogens is 4. The van der Waals surface area contributed by atoms with Crippen molar-refractivity contribution in [1.29, 1.82) is 0 Å². The number of rotatable bonds is 5. The molecule has 0 fully saturated rings. The number of hydrogen-bond donors (Lipinski definition) is 1. The van der Waals surface area contributed by atoms with Crippen LogP contribution in [0.3, 0.4) is 0 Å². The molecule has 0 saturated heterocycles. The molecule has 106 valence electrons. The van der Waals surface area contributed by atoms with E-state index in [1.54, 1.807) is 27.8 Å². The van der Waals surface area contributed by atoms with Crippen LogP contribution in [0.5, 0.6) is 0 Å². The Bertz CT molecular complexity index is 746. The summed E-state index contributed by atoms with van der Waals surface area (Å²) in [6, 6.07) is 9.81. The minimum Gasteiger partial charge on any atom is -0.480 e. The number of carboxylic acid groups (broad SMARTS) is 1. The zero-order valence-corrected chi connectivity index (χ0v) is 11.3. The Kier molecular flexibility index (Phi) is 3.51. The molecule has 0 atom stereocenters. The summed E-state index contributed by atoms with van der Waals surface area (Å²) in [5.41, 5.74) is 1.97. The number of carboxylic acids is 1. The maximum atomic E-state index is 10.8. The van der Waals surface area contributed by atoms with E-state index in [0.717, 1.165) is 11.3 Å². The third kappa shape index (κ3) is 3.00. The summed E-state index contributed by atoms with van der Waals surface area (Å²) in [5, 5.41) is 13.2. The van der Waals surface area contributed by atoms with E-state index in [0.29, 0.717) is 12.2 Å². The lowest BCUT2D eigenvalue weighted by Crippen LogP contribution is -2.11. The molecule has 0 aliphatic carbocycles. The molecular weight excluding hydrogens is 268 g/mol. The number of carbonyl (C=O) groups is 1. The van der Waals surface area contributed by atoms with Crippen LogP contribution < -0.4 is 0 Å². The Labute approximate surface area is 121 Å². The Hall–Kier alpha value is -2.89.